The SMILES string of the molecule is O=C(Nc1ccc(F)cc1F)Nc1ccccc1Oc1ccccc1. The average Bonchev–Trinajstić information content (AvgIpc) is 2.60. The summed E-state index contributed by atoms with van der Waals surface area (Å²) in [6.45, 7) is 0. The molecule has 0 fully saturated rings. The maximum absolute atomic E-state index is 13.6. The Bertz CT molecular complexity index is 886. The van der Waals surface area contributed by atoms with E-state index in [9.17, 15) is 13.6 Å². The molecule has 0 aliphatic rings. The van der Waals surface area contributed by atoms with E-state index in [-0.39, 0.29) is 5.69 Å². The predicted octanol–water partition coefficient (Wildman–Crippen LogP) is 5.40. The van der Waals surface area contributed by atoms with Gasteiger partial charge in [0.05, 0.1) is 11.4 Å². The molecule has 0 unspecified atom stereocenters. The number of carbonyl (C=O) groups excluding carboxylic acids is 1. The monoisotopic (exact) mass is 340 g/mol. The molecule has 126 valence electrons. The highest BCUT2D eigenvalue weighted by Gasteiger charge is 2.11. The Morgan fingerprint density at radius 1 is 0.800 bits per heavy atom. The first-order chi connectivity index (χ1) is 12.1. The Kier molecular flexibility index (Phi) is 4.89. The van der Waals surface area contributed by atoms with Crippen LogP contribution >= 0.6 is 0 Å². The van der Waals surface area contributed by atoms with Gasteiger partial charge < -0.3 is 15.4 Å². The zero-order valence-electron chi connectivity index (χ0n) is 13.0. The minimum atomic E-state index is -0.857. The fourth-order valence-electron chi connectivity index (χ4n) is 2.14. The molecule has 0 aliphatic carbocycles. The lowest BCUT2D eigenvalue weighted by Crippen LogP contribution is -2.20. The summed E-state index contributed by atoms with van der Waals surface area (Å²) >= 11 is 0. The first kappa shape index (κ1) is 16.4. The summed E-state index contributed by atoms with van der Waals surface area (Å²) in [7, 11) is 0. The topological polar surface area (TPSA) is 50.4 Å². The van der Waals surface area contributed by atoms with Gasteiger partial charge in [-0.15, -0.1) is 0 Å². The third-order valence-electron chi connectivity index (χ3n) is 3.29. The van der Waals surface area contributed by atoms with Gasteiger partial charge in [0.15, 0.2) is 5.75 Å². The lowest BCUT2D eigenvalue weighted by molar-refractivity contribution is 0.262. The van der Waals surface area contributed by atoms with Crippen molar-refractivity contribution < 1.29 is 18.3 Å². The molecule has 6 heteroatoms. The van der Waals surface area contributed by atoms with Gasteiger partial charge in [-0.05, 0) is 36.4 Å². The Hall–Kier alpha value is -3.41. The summed E-state index contributed by atoms with van der Waals surface area (Å²) < 4.78 is 32.2. The number of rotatable bonds is 4. The first-order valence-corrected chi connectivity index (χ1v) is 7.47. The molecule has 4 nitrogen and oxygen atoms in total. The predicted molar refractivity (Wildman–Crippen MR) is 92.0 cm³/mol. The van der Waals surface area contributed by atoms with E-state index in [2.05, 4.69) is 10.6 Å². The standard InChI is InChI=1S/C19H14F2N2O2/c20-13-10-11-16(15(21)12-13)22-19(24)23-17-8-4-5-9-18(17)25-14-6-2-1-3-7-14/h1-12H,(H2,22,23,24). The average molecular weight is 340 g/mol. The molecule has 0 atom stereocenters. The largest absolute Gasteiger partial charge is 0.455 e. The number of hydrogen-bond donors (Lipinski definition) is 2. The van der Waals surface area contributed by atoms with E-state index in [1.54, 1.807) is 36.4 Å². The highest BCUT2D eigenvalue weighted by atomic mass is 19.1. The minimum absolute atomic E-state index is 0.125. The van der Waals surface area contributed by atoms with Crippen molar-refractivity contribution in [3.05, 3.63) is 84.4 Å². The Labute approximate surface area is 143 Å². The molecule has 0 radical (unpaired) electrons. The van der Waals surface area contributed by atoms with Crippen LogP contribution in [0.15, 0.2) is 72.8 Å². The summed E-state index contributed by atoms with van der Waals surface area (Å²) in [6.07, 6.45) is 0. The van der Waals surface area contributed by atoms with E-state index in [1.807, 2.05) is 18.2 Å². The van der Waals surface area contributed by atoms with E-state index in [1.165, 1.54) is 0 Å². The molecular formula is C19H14F2N2O2. The molecule has 0 aliphatic heterocycles. The Balaban J connectivity index is 1.73. The van der Waals surface area contributed by atoms with Gasteiger partial charge in [0.1, 0.15) is 17.4 Å². The molecule has 0 saturated carbocycles. The second-order valence-electron chi connectivity index (χ2n) is 5.11. The van der Waals surface area contributed by atoms with Crippen molar-refractivity contribution in [3.63, 3.8) is 0 Å². The Morgan fingerprint density at radius 3 is 2.24 bits per heavy atom. The molecule has 25 heavy (non-hydrogen) atoms. The smallest absolute Gasteiger partial charge is 0.323 e. The number of anilines is 2. The van der Waals surface area contributed by atoms with Gasteiger partial charge >= 0.3 is 6.03 Å². The third kappa shape index (κ3) is 4.32. The molecule has 0 bridgehead atoms. The zero-order chi connectivity index (χ0) is 17.6. The van der Waals surface area contributed by atoms with Crippen molar-refractivity contribution in [2.24, 2.45) is 0 Å². The van der Waals surface area contributed by atoms with Crippen molar-refractivity contribution in [2.75, 3.05) is 10.6 Å². The van der Waals surface area contributed by atoms with Gasteiger partial charge in [-0.1, -0.05) is 30.3 Å². The Morgan fingerprint density at radius 2 is 1.48 bits per heavy atom. The maximum atomic E-state index is 13.6. The highest BCUT2D eigenvalue weighted by Crippen LogP contribution is 2.29. The van der Waals surface area contributed by atoms with E-state index >= 15 is 0 Å². The van der Waals surface area contributed by atoms with E-state index in [0.717, 1.165) is 12.1 Å². The van der Waals surface area contributed by atoms with Crippen LogP contribution in [0.5, 0.6) is 11.5 Å². The van der Waals surface area contributed by atoms with Gasteiger partial charge in [-0.3, -0.25) is 0 Å². The molecule has 0 spiro atoms. The fourth-order valence-corrected chi connectivity index (χ4v) is 2.14. The van der Waals surface area contributed by atoms with Crippen molar-refractivity contribution >= 4 is 17.4 Å². The van der Waals surface area contributed by atoms with E-state index in [0.29, 0.717) is 23.3 Å². The van der Waals surface area contributed by atoms with Gasteiger partial charge in [-0.2, -0.15) is 0 Å². The number of ether oxygens (including phenoxy) is 1. The van der Waals surface area contributed by atoms with E-state index in [4.69, 9.17) is 4.74 Å². The summed E-state index contributed by atoms with van der Waals surface area (Å²) in [6, 6.07) is 18.2. The molecule has 3 rings (SSSR count). The van der Waals surface area contributed by atoms with Crippen LogP contribution < -0.4 is 15.4 Å². The first-order valence-electron chi connectivity index (χ1n) is 7.47. The van der Waals surface area contributed by atoms with Crippen molar-refractivity contribution in [1.82, 2.24) is 0 Å². The number of halogens is 2. The second-order valence-corrected chi connectivity index (χ2v) is 5.11. The van der Waals surface area contributed by atoms with Crippen LogP contribution in [-0.2, 0) is 0 Å². The van der Waals surface area contributed by atoms with Crippen LogP contribution in [0, 0.1) is 11.6 Å². The molecule has 0 aromatic heterocycles. The summed E-state index contributed by atoms with van der Waals surface area (Å²) in [5.74, 6) is -0.529. The third-order valence-corrected chi connectivity index (χ3v) is 3.29. The number of urea groups is 1. The van der Waals surface area contributed by atoms with Gasteiger partial charge in [0.25, 0.3) is 0 Å². The normalized spacial score (nSPS) is 10.2. The van der Waals surface area contributed by atoms with Crippen molar-refractivity contribution in [2.45, 2.75) is 0 Å². The number of para-hydroxylation sites is 3. The molecule has 3 aromatic rings. The maximum Gasteiger partial charge on any atom is 0.323 e. The number of amides is 2. The quantitative estimate of drug-likeness (QED) is 0.668. The van der Waals surface area contributed by atoms with E-state index < -0.39 is 17.7 Å². The van der Waals surface area contributed by atoms with Gasteiger partial charge in [0.2, 0.25) is 0 Å². The van der Waals surface area contributed by atoms with Crippen LogP contribution in [0.4, 0.5) is 25.0 Å². The fraction of sp³-hybridized carbons (Fsp3) is 0. The lowest BCUT2D eigenvalue weighted by Gasteiger charge is -2.13. The van der Waals surface area contributed by atoms with Crippen molar-refractivity contribution in [3.8, 4) is 11.5 Å². The zero-order valence-corrected chi connectivity index (χ0v) is 13.0. The van der Waals surface area contributed by atoms with Crippen molar-refractivity contribution in [1.29, 1.82) is 0 Å². The molecule has 0 saturated heterocycles. The number of carbonyl (C=O) groups is 1. The second kappa shape index (κ2) is 7.44. The number of benzene rings is 3. The number of hydrogen-bond acceptors (Lipinski definition) is 2. The van der Waals surface area contributed by atoms with Crippen LogP contribution in [0.1, 0.15) is 0 Å². The van der Waals surface area contributed by atoms with Gasteiger partial charge in [-0.25, -0.2) is 13.6 Å². The minimum Gasteiger partial charge on any atom is -0.455 e. The summed E-state index contributed by atoms with van der Waals surface area (Å²) in [5.41, 5.74) is 0.284. The van der Waals surface area contributed by atoms with Crippen LogP contribution in [0.25, 0.3) is 0 Å². The lowest BCUT2D eigenvalue weighted by atomic mass is 10.3. The van der Waals surface area contributed by atoms with Crippen LogP contribution in [0.3, 0.4) is 0 Å². The highest BCUT2D eigenvalue weighted by molar-refractivity contribution is 6.00. The van der Waals surface area contributed by atoms with Gasteiger partial charge in [0, 0.05) is 6.07 Å². The number of nitrogens with one attached hydrogen (secondary N) is 2. The molecule has 2 N–H and O–H groups in total. The summed E-state index contributed by atoms with van der Waals surface area (Å²) in [4.78, 5) is 12.1. The molecule has 2 amide bonds. The molecular weight excluding hydrogens is 326 g/mol. The molecule has 3 aromatic carbocycles. The molecule has 0 heterocycles. The summed E-state index contributed by atoms with van der Waals surface area (Å²) in [5, 5.41) is 4.92. The van der Waals surface area contributed by atoms with Crippen LogP contribution in [-0.4, -0.2) is 6.03 Å². The van der Waals surface area contributed by atoms with Crippen LogP contribution in [0.2, 0.25) is 0 Å².